The number of nitro groups is 1. The van der Waals surface area contributed by atoms with E-state index in [-0.39, 0.29) is 27.9 Å². The third kappa shape index (κ3) is 4.97. The molecule has 0 bridgehead atoms. The molecule has 0 aliphatic heterocycles. The van der Waals surface area contributed by atoms with Crippen LogP contribution in [0.1, 0.15) is 20.8 Å². The Morgan fingerprint density at radius 2 is 1.75 bits per heavy atom. The van der Waals surface area contributed by atoms with Crippen molar-refractivity contribution >= 4 is 33.0 Å². The Morgan fingerprint density at radius 3 is 2.32 bits per heavy atom. The number of nitrogens with one attached hydrogen (secondary N) is 2. The molecule has 0 fully saturated rings. The van der Waals surface area contributed by atoms with Gasteiger partial charge in [0.1, 0.15) is 10.6 Å². The Balaban J connectivity index is 2.31. The van der Waals surface area contributed by atoms with Crippen LogP contribution in [0.4, 0.5) is 17.1 Å². The minimum atomic E-state index is -4.08. The first-order chi connectivity index (χ1) is 12.9. The van der Waals surface area contributed by atoms with E-state index >= 15 is 0 Å². The van der Waals surface area contributed by atoms with Crippen LogP contribution < -0.4 is 14.8 Å². The van der Waals surface area contributed by atoms with Gasteiger partial charge in [0, 0.05) is 17.2 Å². The van der Waals surface area contributed by atoms with E-state index in [4.69, 9.17) is 4.74 Å². The molecular formula is C18H21N3O6S. The van der Waals surface area contributed by atoms with Crippen LogP contribution >= 0.6 is 0 Å². The van der Waals surface area contributed by atoms with Crippen LogP contribution in [0.5, 0.6) is 5.75 Å². The SMILES string of the molecule is COc1cc([N+](=O)[O-])ccc1S(=O)(=O)Nc1cccc(NC(=O)C(C)(C)C)c1. The van der Waals surface area contributed by atoms with Crippen LogP contribution in [0.3, 0.4) is 0 Å². The third-order valence-electron chi connectivity index (χ3n) is 3.70. The monoisotopic (exact) mass is 407 g/mol. The number of hydrogen-bond acceptors (Lipinski definition) is 6. The number of non-ortho nitro benzene ring substituents is 1. The van der Waals surface area contributed by atoms with Crippen LogP contribution in [0.2, 0.25) is 0 Å². The molecule has 0 aliphatic carbocycles. The zero-order chi connectivity index (χ0) is 21.1. The van der Waals surface area contributed by atoms with Crippen molar-refractivity contribution in [2.75, 3.05) is 17.1 Å². The highest BCUT2D eigenvalue weighted by molar-refractivity contribution is 7.92. The summed E-state index contributed by atoms with van der Waals surface area (Å²) in [5.41, 5.74) is -0.257. The molecule has 2 rings (SSSR count). The first-order valence-corrected chi connectivity index (χ1v) is 9.69. The van der Waals surface area contributed by atoms with Gasteiger partial charge < -0.3 is 10.1 Å². The quantitative estimate of drug-likeness (QED) is 0.558. The fourth-order valence-corrected chi connectivity index (χ4v) is 3.38. The fourth-order valence-electron chi connectivity index (χ4n) is 2.18. The molecule has 0 saturated carbocycles. The summed E-state index contributed by atoms with van der Waals surface area (Å²) in [4.78, 5) is 22.1. The minimum absolute atomic E-state index is 0.154. The molecule has 0 aromatic heterocycles. The molecule has 0 spiro atoms. The molecule has 2 aromatic carbocycles. The number of nitrogens with zero attached hydrogens (tertiary/aromatic N) is 1. The van der Waals surface area contributed by atoms with Crippen LogP contribution in [0.15, 0.2) is 47.4 Å². The van der Waals surface area contributed by atoms with Gasteiger partial charge in [-0.05, 0) is 24.3 Å². The lowest BCUT2D eigenvalue weighted by atomic mass is 9.95. The standard InChI is InChI=1S/C18H21N3O6S/c1-18(2,3)17(22)19-12-6-5-7-13(10-12)20-28(25,26)16-9-8-14(21(23)24)11-15(16)27-4/h5-11,20H,1-4H3,(H,19,22). The highest BCUT2D eigenvalue weighted by Crippen LogP contribution is 2.30. The molecule has 150 valence electrons. The summed E-state index contributed by atoms with van der Waals surface area (Å²) in [6, 6.07) is 9.43. The predicted octanol–water partition coefficient (Wildman–Crippen LogP) is 3.39. The number of anilines is 2. The molecule has 28 heavy (non-hydrogen) atoms. The number of sulfonamides is 1. The number of methoxy groups -OCH3 is 1. The lowest BCUT2D eigenvalue weighted by Gasteiger charge is -2.18. The van der Waals surface area contributed by atoms with Gasteiger partial charge in [0.25, 0.3) is 15.7 Å². The zero-order valence-corrected chi connectivity index (χ0v) is 16.7. The maximum atomic E-state index is 12.7. The van der Waals surface area contributed by atoms with Crippen LogP contribution in [-0.4, -0.2) is 26.4 Å². The number of carbonyl (C=O) groups excluding carboxylic acids is 1. The Hall–Kier alpha value is -3.14. The van der Waals surface area contributed by atoms with Crippen LogP contribution in [-0.2, 0) is 14.8 Å². The number of nitro benzene ring substituents is 1. The van der Waals surface area contributed by atoms with Crippen molar-refractivity contribution in [3.05, 3.63) is 52.6 Å². The van der Waals surface area contributed by atoms with Crippen molar-refractivity contribution in [1.82, 2.24) is 0 Å². The molecular weight excluding hydrogens is 386 g/mol. The highest BCUT2D eigenvalue weighted by Gasteiger charge is 2.23. The number of benzene rings is 2. The van der Waals surface area contributed by atoms with E-state index in [0.717, 1.165) is 18.2 Å². The van der Waals surface area contributed by atoms with Gasteiger partial charge in [-0.25, -0.2) is 8.42 Å². The first-order valence-electron chi connectivity index (χ1n) is 8.21. The maximum absolute atomic E-state index is 12.7. The van der Waals surface area contributed by atoms with E-state index in [1.54, 1.807) is 32.9 Å². The van der Waals surface area contributed by atoms with Gasteiger partial charge in [-0.15, -0.1) is 0 Å². The first kappa shape index (κ1) is 21.2. The molecule has 0 unspecified atom stereocenters. The van der Waals surface area contributed by atoms with Gasteiger partial charge >= 0.3 is 0 Å². The Bertz CT molecular complexity index is 1010. The normalized spacial score (nSPS) is 11.6. The van der Waals surface area contributed by atoms with Crippen molar-refractivity contribution in [3.8, 4) is 5.75 Å². The second kappa shape index (κ2) is 7.85. The van der Waals surface area contributed by atoms with Crippen molar-refractivity contribution in [1.29, 1.82) is 0 Å². The number of amides is 1. The smallest absolute Gasteiger partial charge is 0.273 e. The average Bonchev–Trinajstić information content (AvgIpc) is 2.60. The molecule has 0 heterocycles. The van der Waals surface area contributed by atoms with Crippen LogP contribution in [0.25, 0.3) is 0 Å². The second-order valence-corrected chi connectivity index (χ2v) is 8.63. The summed E-state index contributed by atoms with van der Waals surface area (Å²) in [6.45, 7) is 5.28. The summed E-state index contributed by atoms with van der Waals surface area (Å²) in [6.07, 6.45) is 0. The van der Waals surface area contributed by atoms with Gasteiger partial charge in [-0.3, -0.25) is 19.6 Å². The molecule has 9 nitrogen and oxygen atoms in total. The highest BCUT2D eigenvalue weighted by atomic mass is 32.2. The van der Waals surface area contributed by atoms with Crippen molar-refractivity contribution in [3.63, 3.8) is 0 Å². The Labute approximate surface area is 162 Å². The summed E-state index contributed by atoms with van der Waals surface area (Å²) < 4.78 is 32.8. The number of carbonyl (C=O) groups is 1. The van der Waals surface area contributed by atoms with Crippen molar-refractivity contribution in [2.45, 2.75) is 25.7 Å². The molecule has 2 N–H and O–H groups in total. The Morgan fingerprint density at radius 1 is 1.11 bits per heavy atom. The summed E-state index contributed by atoms with van der Waals surface area (Å²) in [7, 11) is -2.86. The van der Waals surface area contributed by atoms with Gasteiger partial charge in [0.05, 0.1) is 23.8 Å². The molecule has 0 atom stereocenters. The van der Waals surface area contributed by atoms with Crippen molar-refractivity contribution in [2.24, 2.45) is 5.41 Å². The Kier molecular flexibility index (Phi) is 5.93. The maximum Gasteiger partial charge on any atom is 0.273 e. The molecule has 0 saturated heterocycles. The number of rotatable bonds is 6. The van der Waals surface area contributed by atoms with Gasteiger partial charge in [-0.1, -0.05) is 26.8 Å². The average molecular weight is 407 g/mol. The van der Waals surface area contributed by atoms with Crippen LogP contribution in [0, 0.1) is 15.5 Å². The van der Waals surface area contributed by atoms with E-state index in [2.05, 4.69) is 10.0 Å². The topological polar surface area (TPSA) is 128 Å². The molecule has 0 aliphatic rings. The molecule has 10 heteroatoms. The van der Waals surface area contributed by atoms with E-state index in [0.29, 0.717) is 5.69 Å². The largest absolute Gasteiger partial charge is 0.495 e. The second-order valence-electron chi connectivity index (χ2n) is 6.98. The van der Waals surface area contributed by atoms with Gasteiger partial charge in [0.2, 0.25) is 5.91 Å². The molecule has 2 aromatic rings. The van der Waals surface area contributed by atoms with Crippen molar-refractivity contribution < 1.29 is 22.9 Å². The van der Waals surface area contributed by atoms with Gasteiger partial charge in [-0.2, -0.15) is 0 Å². The third-order valence-corrected chi connectivity index (χ3v) is 5.12. The van der Waals surface area contributed by atoms with E-state index in [1.807, 2.05) is 0 Å². The number of ether oxygens (including phenoxy) is 1. The minimum Gasteiger partial charge on any atom is -0.495 e. The van der Waals surface area contributed by atoms with E-state index in [1.165, 1.54) is 19.2 Å². The van der Waals surface area contributed by atoms with Gasteiger partial charge in [0.15, 0.2) is 0 Å². The predicted molar refractivity (Wildman–Crippen MR) is 105 cm³/mol. The fraction of sp³-hybridized carbons (Fsp3) is 0.278. The molecule has 0 radical (unpaired) electrons. The number of hydrogen-bond donors (Lipinski definition) is 2. The lowest BCUT2D eigenvalue weighted by Crippen LogP contribution is -2.27. The molecule has 1 amide bonds. The lowest BCUT2D eigenvalue weighted by molar-refractivity contribution is -0.385. The summed E-state index contributed by atoms with van der Waals surface area (Å²) in [5.74, 6) is -0.372. The summed E-state index contributed by atoms with van der Waals surface area (Å²) >= 11 is 0. The summed E-state index contributed by atoms with van der Waals surface area (Å²) in [5, 5.41) is 13.6. The van der Waals surface area contributed by atoms with E-state index in [9.17, 15) is 23.3 Å². The zero-order valence-electron chi connectivity index (χ0n) is 15.8. The van der Waals surface area contributed by atoms with E-state index < -0.39 is 20.4 Å².